The van der Waals surface area contributed by atoms with Crippen molar-refractivity contribution in [3.8, 4) is 0 Å². The smallest absolute Gasteiger partial charge is 0.240 e. The zero-order chi connectivity index (χ0) is 10.6. The number of nitrogens with two attached hydrogens (primary N) is 1. The fourth-order valence-electron chi connectivity index (χ4n) is 1.20. The summed E-state index contributed by atoms with van der Waals surface area (Å²) in [6.07, 6.45) is 0. The molecule has 0 saturated heterocycles. The summed E-state index contributed by atoms with van der Waals surface area (Å²) in [5.74, 6) is 0. The summed E-state index contributed by atoms with van der Waals surface area (Å²) in [7, 11) is -3.38. The number of benzene rings is 1. The SMILES string of the molecule is CCNS(=O)(=O)c1ccccc1CN. The standard InChI is InChI=1S/C9H14N2O2S/c1-2-11-14(12,13)9-6-4-3-5-8(9)7-10/h3-6,11H,2,7,10H2,1H3. The van der Waals surface area contributed by atoms with Crippen molar-refractivity contribution in [2.45, 2.75) is 18.4 Å². The molecule has 5 heteroatoms. The first kappa shape index (κ1) is 11.2. The Morgan fingerprint density at radius 2 is 2.00 bits per heavy atom. The predicted molar refractivity (Wildman–Crippen MR) is 55.2 cm³/mol. The Bertz CT molecular complexity index is 401. The Labute approximate surface area is 84.2 Å². The zero-order valence-corrected chi connectivity index (χ0v) is 8.84. The minimum absolute atomic E-state index is 0.223. The molecule has 4 nitrogen and oxygen atoms in total. The maximum atomic E-state index is 11.6. The van der Waals surface area contributed by atoms with Gasteiger partial charge in [0.05, 0.1) is 4.90 Å². The van der Waals surface area contributed by atoms with Crippen LogP contribution in [0.25, 0.3) is 0 Å². The molecule has 0 radical (unpaired) electrons. The Hall–Kier alpha value is -0.910. The van der Waals surface area contributed by atoms with Crippen LogP contribution >= 0.6 is 0 Å². The molecule has 0 aliphatic carbocycles. The molecule has 0 spiro atoms. The lowest BCUT2D eigenvalue weighted by Gasteiger charge is -2.08. The van der Waals surface area contributed by atoms with E-state index < -0.39 is 10.0 Å². The normalized spacial score (nSPS) is 11.6. The van der Waals surface area contributed by atoms with Gasteiger partial charge >= 0.3 is 0 Å². The van der Waals surface area contributed by atoms with E-state index in [4.69, 9.17) is 5.73 Å². The summed E-state index contributed by atoms with van der Waals surface area (Å²) in [6, 6.07) is 6.72. The van der Waals surface area contributed by atoms with Crippen molar-refractivity contribution >= 4 is 10.0 Å². The summed E-state index contributed by atoms with van der Waals surface area (Å²) in [6.45, 7) is 2.34. The molecule has 1 aromatic rings. The molecule has 0 aliphatic heterocycles. The Kier molecular flexibility index (Phi) is 3.62. The maximum Gasteiger partial charge on any atom is 0.240 e. The molecule has 0 aromatic heterocycles. The van der Waals surface area contributed by atoms with Gasteiger partial charge in [-0.2, -0.15) is 0 Å². The molecule has 0 fully saturated rings. The fourth-order valence-corrected chi connectivity index (χ4v) is 2.49. The van der Waals surface area contributed by atoms with Gasteiger partial charge in [-0.05, 0) is 11.6 Å². The van der Waals surface area contributed by atoms with Crippen LogP contribution in [0.4, 0.5) is 0 Å². The topological polar surface area (TPSA) is 72.2 Å². The van der Waals surface area contributed by atoms with E-state index in [-0.39, 0.29) is 11.4 Å². The van der Waals surface area contributed by atoms with Crippen LogP contribution in [-0.4, -0.2) is 15.0 Å². The largest absolute Gasteiger partial charge is 0.326 e. The van der Waals surface area contributed by atoms with Gasteiger partial charge in [0.1, 0.15) is 0 Å². The maximum absolute atomic E-state index is 11.6. The average Bonchev–Trinajstić information content (AvgIpc) is 2.18. The van der Waals surface area contributed by atoms with Crippen molar-refractivity contribution in [3.63, 3.8) is 0 Å². The van der Waals surface area contributed by atoms with E-state index >= 15 is 0 Å². The second-order valence-electron chi connectivity index (χ2n) is 2.81. The lowest BCUT2D eigenvalue weighted by molar-refractivity contribution is 0.582. The van der Waals surface area contributed by atoms with Crippen LogP contribution in [0.1, 0.15) is 12.5 Å². The fraction of sp³-hybridized carbons (Fsp3) is 0.333. The first-order valence-corrected chi connectivity index (χ1v) is 5.87. The number of hydrogen-bond donors (Lipinski definition) is 2. The molecule has 14 heavy (non-hydrogen) atoms. The van der Waals surface area contributed by atoms with Crippen LogP contribution in [0, 0.1) is 0 Å². The molecule has 1 aromatic carbocycles. The lowest BCUT2D eigenvalue weighted by atomic mass is 10.2. The summed E-state index contributed by atoms with van der Waals surface area (Å²) >= 11 is 0. The molecular formula is C9H14N2O2S. The highest BCUT2D eigenvalue weighted by Gasteiger charge is 2.15. The van der Waals surface area contributed by atoms with E-state index in [0.717, 1.165) is 0 Å². The third-order valence-corrected chi connectivity index (χ3v) is 3.46. The first-order valence-electron chi connectivity index (χ1n) is 4.39. The van der Waals surface area contributed by atoms with Crippen LogP contribution in [0.15, 0.2) is 29.2 Å². The Morgan fingerprint density at radius 3 is 2.57 bits per heavy atom. The van der Waals surface area contributed by atoms with Gasteiger partial charge < -0.3 is 5.73 Å². The summed E-state index contributed by atoms with van der Waals surface area (Å²) in [5, 5.41) is 0. The first-order chi connectivity index (χ1) is 6.61. The van der Waals surface area contributed by atoms with Gasteiger partial charge in [-0.25, -0.2) is 13.1 Å². The highest BCUT2D eigenvalue weighted by Crippen LogP contribution is 2.13. The minimum Gasteiger partial charge on any atom is -0.326 e. The molecule has 3 N–H and O–H groups in total. The highest BCUT2D eigenvalue weighted by atomic mass is 32.2. The van der Waals surface area contributed by atoms with E-state index in [1.807, 2.05) is 0 Å². The molecule has 1 rings (SSSR count). The third-order valence-electron chi connectivity index (χ3n) is 1.82. The van der Waals surface area contributed by atoms with Crippen LogP contribution in [0.2, 0.25) is 0 Å². The number of hydrogen-bond acceptors (Lipinski definition) is 3. The molecule has 78 valence electrons. The minimum atomic E-state index is -3.38. The second-order valence-corrected chi connectivity index (χ2v) is 4.55. The number of rotatable bonds is 4. The van der Waals surface area contributed by atoms with Crippen LogP contribution in [0.3, 0.4) is 0 Å². The number of sulfonamides is 1. The lowest BCUT2D eigenvalue weighted by Crippen LogP contribution is -2.24. The van der Waals surface area contributed by atoms with Gasteiger partial charge in [0.15, 0.2) is 0 Å². The van der Waals surface area contributed by atoms with Gasteiger partial charge in [-0.3, -0.25) is 0 Å². The summed E-state index contributed by atoms with van der Waals surface area (Å²) in [4.78, 5) is 0.268. The van der Waals surface area contributed by atoms with E-state index in [2.05, 4.69) is 4.72 Å². The van der Waals surface area contributed by atoms with Crippen LogP contribution in [0.5, 0.6) is 0 Å². The van der Waals surface area contributed by atoms with Crippen molar-refractivity contribution < 1.29 is 8.42 Å². The Balaban J connectivity index is 3.18. The monoisotopic (exact) mass is 214 g/mol. The van der Waals surface area contributed by atoms with E-state index in [1.54, 1.807) is 31.2 Å². The third kappa shape index (κ3) is 2.31. The molecule has 0 bridgehead atoms. The van der Waals surface area contributed by atoms with Gasteiger partial charge in [0.2, 0.25) is 10.0 Å². The molecule has 0 unspecified atom stereocenters. The van der Waals surface area contributed by atoms with Gasteiger partial charge in [0.25, 0.3) is 0 Å². The molecule has 0 aliphatic rings. The predicted octanol–water partition coefficient (Wildman–Crippen LogP) is 0.444. The molecule has 0 heterocycles. The van der Waals surface area contributed by atoms with Gasteiger partial charge in [-0.1, -0.05) is 25.1 Å². The average molecular weight is 214 g/mol. The second kappa shape index (κ2) is 4.54. The van der Waals surface area contributed by atoms with E-state index in [9.17, 15) is 8.42 Å². The van der Waals surface area contributed by atoms with Crippen LogP contribution < -0.4 is 10.5 Å². The van der Waals surface area contributed by atoms with Crippen molar-refractivity contribution in [1.82, 2.24) is 4.72 Å². The van der Waals surface area contributed by atoms with E-state index in [1.165, 1.54) is 0 Å². The quantitative estimate of drug-likeness (QED) is 0.764. The molecule has 0 atom stereocenters. The summed E-state index contributed by atoms with van der Waals surface area (Å²) in [5.41, 5.74) is 6.08. The van der Waals surface area contributed by atoms with Crippen molar-refractivity contribution in [1.29, 1.82) is 0 Å². The molecule has 0 saturated carbocycles. The zero-order valence-electron chi connectivity index (χ0n) is 8.03. The van der Waals surface area contributed by atoms with Crippen molar-refractivity contribution in [2.24, 2.45) is 5.73 Å². The van der Waals surface area contributed by atoms with Crippen LogP contribution in [-0.2, 0) is 16.6 Å². The van der Waals surface area contributed by atoms with Crippen molar-refractivity contribution in [3.05, 3.63) is 29.8 Å². The number of nitrogens with one attached hydrogen (secondary N) is 1. The highest BCUT2D eigenvalue weighted by molar-refractivity contribution is 7.89. The Morgan fingerprint density at radius 1 is 1.36 bits per heavy atom. The molecule has 0 amide bonds. The molecular weight excluding hydrogens is 200 g/mol. The summed E-state index contributed by atoms with van der Waals surface area (Å²) < 4.78 is 25.7. The van der Waals surface area contributed by atoms with Gasteiger partial charge in [-0.15, -0.1) is 0 Å². The van der Waals surface area contributed by atoms with Crippen molar-refractivity contribution in [2.75, 3.05) is 6.54 Å². The van der Waals surface area contributed by atoms with E-state index in [0.29, 0.717) is 12.1 Å². The van der Waals surface area contributed by atoms with Gasteiger partial charge in [0, 0.05) is 13.1 Å².